The second-order valence-corrected chi connectivity index (χ2v) is 6.01. The first-order valence-corrected chi connectivity index (χ1v) is 8.11. The fraction of sp³-hybridized carbons (Fsp3) is 0.444. The Morgan fingerprint density at radius 1 is 1.30 bits per heavy atom. The molecular formula is C18H22N2O3. The smallest absolute Gasteiger partial charge is 0.310 e. The molecule has 0 saturated carbocycles. The van der Waals surface area contributed by atoms with Crippen LogP contribution >= 0.6 is 0 Å². The number of aryl methyl sites for hydroxylation is 1. The van der Waals surface area contributed by atoms with Crippen LogP contribution in [-0.4, -0.2) is 41.0 Å². The maximum absolute atomic E-state index is 12.9. The fourth-order valence-electron chi connectivity index (χ4n) is 3.30. The van der Waals surface area contributed by atoms with Crippen molar-refractivity contribution in [2.45, 2.75) is 19.8 Å². The minimum absolute atomic E-state index is 0.00389. The van der Waals surface area contributed by atoms with Gasteiger partial charge in [-0.3, -0.25) is 9.59 Å². The van der Waals surface area contributed by atoms with E-state index < -0.39 is 0 Å². The van der Waals surface area contributed by atoms with Crippen molar-refractivity contribution in [2.75, 3.05) is 19.7 Å². The molecule has 2 heterocycles. The molecule has 1 aliphatic heterocycles. The molecule has 0 bridgehead atoms. The number of likely N-dealkylation sites (tertiary alicyclic amines) is 1. The zero-order chi connectivity index (χ0) is 16.4. The van der Waals surface area contributed by atoms with Gasteiger partial charge in [0.15, 0.2) is 0 Å². The Labute approximate surface area is 135 Å². The number of piperidine rings is 1. The third-order valence-electron chi connectivity index (χ3n) is 4.46. The summed E-state index contributed by atoms with van der Waals surface area (Å²) >= 11 is 0. The summed E-state index contributed by atoms with van der Waals surface area (Å²) in [4.78, 5) is 26.7. The number of para-hydroxylation sites is 1. The first kappa shape index (κ1) is 15.6. The normalized spacial score (nSPS) is 18.2. The van der Waals surface area contributed by atoms with Crippen molar-refractivity contribution in [1.29, 1.82) is 0 Å². The molecule has 1 atom stereocenters. The summed E-state index contributed by atoms with van der Waals surface area (Å²) in [6.45, 7) is 3.32. The third kappa shape index (κ3) is 2.96. The average molecular weight is 314 g/mol. The van der Waals surface area contributed by atoms with Crippen LogP contribution in [0.15, 0.2) is 30.5 Å². The van der Waals surface area contributed by atoms with Gasteiger partial charge in [0.25, 0.3) is 5.91 Å². The van der Waals surface area contributed by atoms with E-state index in [1.807, 2.05) is 42.1 Å². The van der Waals surface area contributed by atoms with E-state index in [9.17, 15) is 9.59 Å². The number of esters is 1. The van der Waals surface area contributed by atoms with Crippen LogP contribution in [0, 0.1) is 5.92 Å². The van der Waals surface area contributed by atoms with Crippen LogP contribution in [-0.2, 0) is 16.6 Å². The van der Waals surface area contributed by atoms with Crippen LogP contribution in [0.3, 0.4) is 0 Å². The maximum Gasteiger partial charge on any atom is 0.310 e. The highest BCUT2D eigenvalue weighted by Crippen LogP contribution is 2.25. The van der Waals surface area contributed by atoms with Gasteiger partial charge in [-0.05, 0) is 25.8 Å². The zero-order valence-electron chi connectivity index (χ0n) is 13.6. The molecule has 0 aliphatic carbocycles. The van der Waals surface area contributed by atoms with E-state index in [1.165, 1.54) is 0 Å². The topological polar surface area (TPSA) is 51.5 Å². The van der Waals surface area contributed by atoms with Crippen LogP contribution in [0.4, 0.5) is 0 Å². The molecule has 0 N–H and O–H groups in total. The summed E-state index contributed by atoms with van der Waals surface area (Å²) in [5.41, 5.74) is 1.74. The lowest BCUT2D eigenvalue weighted by Crippen LogP contribution is -2.42. The van der Waals surface area contributed by atoms with Gasteiger partial charge in [-0.15, -0.1) is 0 Å². The third-order valence-corrected chi connectivity index (χ3v) is 4.46. The first-order valence-electron chi connectivity index (χ1n) is 8.11. The Morgan fingerprint density at radius 3 is 2.87 bits per heavy atom. The van der Waals surface area contributed by atoms with Gasteiger partial charge in [-0.2, -0.15) is 0 Å². The first-order chi connectivity index (χ1) is 11.1. The lowest BCUT2D eigenvalue weighted by atomic mass is 9.97. The van der Waals surface area contributed by atoms with Gasteiger partial charge in [0, 0.05) is 37.2 Å². The van der Waals surface area contributed by atoms with Crippen molar-refractivity contribution in [3.8, 4) is 0 Å². The standard InChI is InChI=1S/C18H22N2O3/c1-3-23-18(22)13-7-6-10-20(11-13)17(21)15-12-19(2)16-9-5-4-8-14(15)16/h4-5,8-9,12-13H,3,6-7,10-11H2,1-2H3. The Kier molecular flexibility index (Phi) is 4.37. The summed E-state index contributed by atoms with van der Waals surface area (Å²) < 4.78 is 7.08. The van der Waals surface area contributed by atoms with Gasteiger partial charge in [0.05, 0.1) is 18.1 Å². The van der Waals surface area contributed by atoms with E-state index in [0.717, 1.165) is 23.7 Å². The molecule has 2 aromatic rings. The Bertz CT molecular complexity index is 735. The monoisotopic (exact) mass is 314 g/mol. The molecule has 1 aromatic carbocycles. The molecule has 0 spiro atoms. The van der Waals surface area contributed by atoms with Crippen molar-refractivity contribution >= 4 is 22.8 Å². The molecular weight excluding hydrogens is 292 g/mol. The lowest BCUT2D eigenvalue weighted by molar-refractivity contribution is -0.149. The highest BCUT2D eigenvalue weighted by molar-refractivity contribution is 6.07. The number of carbonyl (C=O) groups excluding carboxylic acids is 2. The Hall–Kier alpha value is -2.30. The molecule has 3 rings (SSSR count). The van der Waals surface area contributed by atoms with Crippen molar-refractivity contribution in [3.63, 3.8) is 0 Å². The highest BCUT2D eigenvalue weighted by Gasteiger charge is 2.30. The number of hydrogen-bond donors (Lipinski definition) is 0. The molecule has 23 heavy (non-hydrogen) atoms. The van der Waals surface area contributed by atoms with Crippen molar-refractivity contribution in [1.82, 2.24) is 9.47 Å². The second-order valence-electron chi connectivity index (χ2n) is 6.01. The second kappa shape index (κ2) is 6.44. The van der Waals surface area contributed by atoms with E-state index in [2.05, 4.69) is 0 Å². The summed E-state index contributed by atoms with van der Waals surface area (Å²) in [7, 11) is 1.94. The molecule has 1 aliphatic rings. The summed E-state index contributed by atoms with van der Waals surface area (Å²) in [5.74, 6) is -0.402. The van der Waals surface area contributed by atoms with E-state index in [4.69, 9.17) is 4.74 Å². The van der Waals surface area contributed by atoms with Crippen molar-refractivity contribution in [3.05, 3.63) is 36.0 Å². The number of carbonyl (C=O) groups is 2. The molecule has 1 amide bonds. The van der Waals surface area contributed by atoms with Crippen molar-refractivity contribution < 1.29 is 14.3 Å². The summed E-state index contributed by atoms with van der Waals surface area (Å²) in [5, 5.41) is 0.957. The minimum atomic E-state index is -0.206. The van der Waals surface area contributed by atoms with Crippen LogP contribution in [0.1, 0.15) is 30.1 Å². The number of hydrogen-bond acceptors (Lipinski definition) is 3. The number of fused-ring (bicyclic) bond motifs is 1. The van der Waals surface area contributed by atoms with Crippen LogP contribution in [0.5, 0.6) is 0 Å². The molecule has 5 nitrogen and oxygen atoms in total. The molecule has 1 unspecified atom stereocenters. The van der Waals surface area contributed by atoms with E-state index in [0.29, 0.717) is 25.3 Å². The van der Waals surface area contributed by atoms with Gasteiger partial charge >= 0.3 is 5.97 Å². The largest absolute Gasteiger partial charge is 0.466 e. The van der Waals surface area contributed by atoms with Gasteiger partial charge in [0.1, 0.15) is 0 Å². The van der Waals surface area contributed by atoms with E-state index >= 15 is 0 Å². The maximum atomic E-state index is 12.9. The molecule has 122 valence electrons. The number of benzene rings is 1. The molecule has 1 saturated heterocycles. The van der Waals surface area contributed by atoms with E-state index in [-0.39, 0.29) is 17.8 Å². The zero-order valence-corrected chi connectivity index (χ0v) is 13.6. The van der Waals surface area contributed by atoms with Crippen LogP contribution < -0.4 is 0 Å². The lowest BCUT2D eigenvalue weighted by Gasteiger charge is -2.31. The predicted octanol–water partition coefficient (Wildman–Crippen LogP) is 2.59. The SMILES string of the molecule is CCOC(=O)C1CCCN(C(=O)c2cn(C)c3ccccc23)C1. The summed E-state index contributed by atoms with van der Waals surface area (Å²) in [6, 6.07) is 7.88. The number of amides is 1. The molecule has 0 radical (unpaired) electrons. The number of nitrogens with zero attached hydrogens (tertiary/aromatic N) is 2. The fourth-order valence-corrected chi connectivity index (χ4v) is 3.30. The van der Waals surface area contributed by atoms with E-state index in [1.54, 1.807) is 11.8 Å². The van der Waals surface area contributed by atoms with Crippen molar-refractivity contribution in [2.24, 2.45) is 13.0 Å². The molecule has 1 aromatic heterocycles. The van der Waals surface area contributed by atoms with Gasteiger partial charge in [-0.1, -0.05) is 18.2 Å². The highest BCUT2D eigenvalue weighted by atomic mass is 16.5. The molecule has 1 fully saturated rings. The molecule has 5 heteroatoms. The number of rotatable bonds is 3. The Morgan fingerprint density at radius 2 is 2.09 bits per heavy atom. The van der Waals surface area contributed by atoms with Gasteiger partial charge in [0.2, 0.25) is 0 Å². The van der Waals surface area contributed by atoms with Gasteiger partial charge < -0.3 is 14.2 Å². The number of ether oxygens (including phenoxy) is 1. The number of aromatic nitrogens is 1. The quantitative estimate of drug-likeness (QED) is 0.818. The predicted molar refractivity (Wildman–Crippen MR) is 88.2 cm³/mol. The van der Waals surface area contributed by atoms with Crippen LogP contribution in [0.25, 0.3) is 10.9 Å². The average Bonchev–Trinajstić information content (AvgIpc) is 2.92. The van der Waals surface area contributed by atoms with Crippen LogP contribution in [0.2, 0.25) is 0 Å². The minimum Gasteiger partial charge on any atom is -0.466 e. The Balaban J connectivity index is 1.83. The van der Waals surface area contributed by atoms with Gasteiger partial charge in [-0.25, -0.2) is 0 Å². The summed E-state index contributed by atoms with van der Waals surface area (Å²) in [6.07, 6.45) is 3.50.